The Kier molecular flexibility index (Phi) is 3.23. The van der Waals surface area contributed by atoms with Gasteiger partial charge in [0.05, 0.1) is 29.5 Å². The highest BCUT2D eigenvalue weighted by molar-refractivity contribution is 9.10. The van der Waals surface area contributed by atoms with Crippen LogP contribution in [-0.2, 0) is 6.54 Å². The molecule has 0 atom stereocenters. The molecular formula is C14H11BrN4O. The number of hydrogen-bond donors (Lipinski definition) is 1. The van der Waals surface area contributed by atoms with Gasteiger partial charge in [0.2, 0.25) is 0 Å². The van der Waals surface area contributed by atoms with Gasteiger partial charge in [-0.25, -0.2) is 9.97 Å². The van der Waals surface area contributed by atoms with E-state index in [0.717, 1.165) is 10.2 Å². The molecule has 0 fully saturated rings. The minimum absolute atomic E-state index is 0.0967. The minimum Gasteiger partial charge on any atom is -0.384 e. The maximum absolute atomic E-state index is 12.4. The molecule has 5 nitrogen and oxygen atoms in total. The summed E-state index contributed by atoms with van der Waals surface area (Å²) >= 11 is 3.36. The first-order chi connectivity index (χ1) is 9.63. The third-order valence-corrected chi connectivity index (χ3v) is 3.44. The lowest BCUT2D eigenvalue weighted by Gasteiger charge is -2.07. The van der Waals surface area contributed by atoms with E-state index >= 15 is 0 Å². The molecule has 0 saturated heterocycles. The molecule has 0 bridgehead atoms. The van der Waals surface area contributed by atoms with Crippen molar-refractivity contribution >= 4 is 32.7 Å². The van der Waals surface area contributed by atoms with Crippen molar-refractivity contribution < 1.29 is 0 Å². The van der Waals surface area contributed by atoms with Crippen molar-refractivity contribution in [3.63, 3.8) is 0 Å². The van der Waals surface area contributed by atoms with Crippen molar-refractivity contribution in [1.82, 2.24) is 14.5 Å². The van der Waals surface area contributed by atoms with Crippen LogP contribution in [0.4, 0.5) is 5.82 Å². The smallest absolute Gasteiger partial charge is 0.261 e. The standard InChI is InChI=1S/C14H11BrN4O/c15-9-4-5-12-11(6-9)14(20)19(8-17-12)7-10-2-1-3-13(16)18-10/h1-6,8H,7H2,(H2,16,18). The Balaban J connectivity index is 2.08. The normalized spacial score (nSPS) is 10.8. The van der Waals surface area contributed by atoms with Gasteiger partial charge in [0.15, 0.2) is 0 Å². The summed E-state index contributed by atoms with van der Waals surface area (Å²) in [5, 5.41) is 0.575. The number of aromatic nitrogens is 3. The van der Waals surface area contributed by atoms with E-state index in [2.05, 4.69) is 25.9 Å². The van der Waals surface area contributed by atoms with Crippen LogP contribution < -0.4 is 11.3 Å². The molecule has 0 saturated carbocycles. The van der Waals surface area contributed by atoms with Gasteiger partial charge in [-0.15, -0.1) is 0 Å². The second kappa shape index (κ2) is 5.05. The second-order valence-electron chi connectivity index (χ2n) is 4.39. The predicted molar refractivity (Wildman–Crippen MR) is 81.5 cm³/mol. The molecule has 2 N–H and O–H groups in total. The quantitative estimate of drug-likeness (QED) is 0.781. The summed E-state index contributed by atoms with van der Waals surface area (Å²) in [5.74, 6) is 0.437. The van der Waals surface area contributed by atoms with E-state index in [1.807, 2.05) is 24.3 Å². The number of halogens is 1. The van der Waals surface area contributed by atoms with Crippen molar-refractivity contribution in [2.24, 2.45) is 0 Å². The van der Waals surface area contributed by atoms with Gasteiger partial charge in [-0.1, -0.05) is 22.0 Å². The summed E-state index contributed by atoms with van der Waals surface area (Å²) in [7, 11) is 0. The fourth-order valence-electron chi connectivity index (χ4n) is 2.00. The van der Waals surface area contributed by atoms with Crippen LogP contribution >= 0.6 is 15.9 Å². The first-order valence-electron chi connectivity index (χ1n) is 5.99. The van der Waals surface area contributed by atoms with Crippen molar-refractivity contribution in [1.29, 1.82) is 0 Å². The number of hydrogen-bond acceptors (Lipinski definition) is 4. The van der Waals surface area contributed by atoms with Gasteiger partial charge >= 0.3 is 0 Å². The number of nitrogens with zero attached hydrogens (tertiary/aromatic N) is 3. The fourth-order valence-corrected chi connectivity index (χ4v) is 2.37. The van der Waals surface area contributed by atoms with Gasteiger partial charge < -0.3 is 5.73 Å². The van der Waals surface area contributed by atoms with Crippen LogP contribution in [0.25, 0.3) is 10.9 Å². The summed E-state index contributed by atoms with van der Waals surface area (Å²) in [6.45, 7) is 0.347. The Morgan fingerprint density at radius 2 is 2.10 bits per heavy atom. The number of anilines is 1. The largest absolute Gasteiger partial charge is 0.384 e. The molecule has 100 valence electrons. The van der Waals surface area contributed by atoms with Crippen molar-refractivity contribution in [2.45, 2.75) is 6.54 Å². The zero-order valence-corrected chi connectivity index (χ0v) is 12.0. The van der Waals surface area contributed by atoms with E-state index in [1.165, 1.54) is 10.9 Å². The lowest BCUT2D eigenvalue weighted by Crippen LogP contribution is -2.21. The summed E-state index contributed by atoms with van der Waals surface area (Å²) < 4.78 is 2.38. The van der Waals surface area contributed by atoms with Crippen molar-refractivity contribution in [3.05, 3.63) is 63.2 Å². The van der Waals surface area contributed by atoms with Crippen LogP contribution in [0.1, 0.15) is 5.69 Å². The SMILES string of the molecule is Nc1cccc(Cn2cnc3ccc(Br)cc3c2=O)n1. The van der Waals surface area contributed by atoms with Crippen LogP contribution in [0.3, 0.4) is 0 Å². The maximum Gasteiger partial charge on any atom is 0.261 e. The number of nitrogens with two attached hydrogens (primary N) is 1. The van der Waals surface area contributed by atoms with E-state index < -0.39 is 0 Å². The van der Waals surface area contributed by atoms with Gasteiger partial charge in [-0.05, 0) is 30.3 Å². The fraction of sp³-hybridized carbons (Fsp3) is 0.0714. The Morgan fingerprint density at radius 3 is 2.90 bits per heavy atom. The number of benzene rings is 1. The highest BCUT2D eigenvalue weighted by Gasteiger charge is 2.06. The van der Waals surface area contributed by atoms with Gasteiger partial charge in [0, 0.05) is 4.47 Å². The number of fused-ring (bicyclic) bond motifs is 1. The molecule has 0 unspecified atom stereocenters. The Bertz CT molecular complexity index is 844. The van der Waals surface area contributed by atoms with Crippen LogP contribution in [0.2, 0.25) is 0 Å². The summed E-state index contributed by atoms with van der Waals surface area (Å²) in [6.07, 6.45) is 1.53. The third kappa shape index (κ3) is 2.42. The molecule has 0 radical (unpaired) electrons. The molecule has 0 spiro atoms. The molecule has 3 aromatic rings. The molecule has 1 aromatic carbocycles. The Hall–Kier alpha value is -2.21. The van der Waals surface area contributed by atoms with Crippen LogP contribution in [0, 0.1) is 0 Å². The topological polar surface area (TPSA) is 73.8 Å². The second-order valence-corrected chi connectivity index (χ2v) is 5.31. The lowest BCUT2D eigenvalue weighted by molar-refractivity contribution is 0.731. The first-order valence-corrected chi connectivity index (χ1v) is 6.79. The molecular weight excluding hydrogens is 320 g/mol. The monoisotopic (exact) mass is 330 g/mol. The van der Waals surface area contributed by atoms with Crippen molar-refractivity contribution in [2.75, 3.05) is 5.73 Å². The molecule has 2 aromatic heterocycles. The first kappa shape index (κ1) is 12.8. The van der Waals surface area contributed by atoms with Gasteiger partial charge in [0.1, 0.15) is 5.82 Å². The van der Waals surface area contributed by atoms with Gasteiger partial charge in [-0.2, -0.15) is 0 Å². The third-order valence-electron chi connectivity index (χ3n) is 2.95. The van der Waals surface area contributed by atoms with Gasteiger partial charge in [0.25, 0.3) is 5.56 Å². The van der Waals surface area contributed by atoms with Crippen LogP contribution in [0.15, 0.2) is 52.0 Å². The lowest BCUT2D eigenvalue weighted by atomic mass is 10.2. The Morgan fingerprint density at radius 1 is 1.25 bits per heavy atom. The van der Waals surface area contributed by atoms with E-state index in [9.17, 15) is 4.79 Å². The molecule has 20 heavy (non-hydrogen) atoms. The molecule has 3 rings (SSSR count). The highest BCUT2D eigenvalue weighted by atomic mass is 79.9. The molecule has 0 aliphatic heterocycles. The molecule has 6 heteroatoms. The number of rotatable bonds is 2. The summed E-state index contributed by atoms with van der Waals surface area (Å²) in [5.41, 5.74) is 6.94. The average Bonchev–Trinajstić information content (AvgIpc) is 2.43. The molecule has 0 amide bonds. The molecule has 0 aliphatic carbocycles. The summed E-state index contributed by atoms with van der Waals surface area (Å²) in [4.78, 5) is 20.9. The molecule has 2 heterocycles. The average molecular weight is 331 g/mol. The maximum atomic E-state index is 12.4. The van der Waals surface area contributed by atoms with Crippen LogP contribution in [0.5, 0.6) is 0 Å². The zero-order chi connectivity index (χ0) is 14.1. The van der Waals surface area contributed by atoms with E-state index in [1.54, 1.807) is 12.1 Å². The zero-order valence-electron chi connectivity index (χ0n) is 10.5. The van der Waals surface area contributed by atoms with Crippen LogP contribution in [-0.4, -0.2) is 14.5 Å². The van der Waals surface area contributed by atoms with Crippen molar-refractivity contribution in [3.8, 4) is 0 Å². The molecule has 0 aliphatic rings. The van der Waals surface area contributed by atoms with E-state index in [0.29, 0.717) is 23.3 Å². The number of pyridine rings is 1. The minimum atomic E-state index is -0.0967. The highest BCUT2D eigenvalue weighted by Crippen LogP contribution is 2.15. The van der Waals surface area contributed by atoms with Gasteiger partial charge in [-0.3, -0.25) is 9.36 Å². The van der Waals surface area contributed by atoms with E-state index in [-0.39, 0.29) is 5.56 Å². The number of nitrogen functional groups attached to an aromatic ring is 1. The predicted octanol–water partition coefficient (Wildman–Crippen LogP) is 2.18. The van der Waals surface area contributed by atoms with E-state index in [4.69, 9.17) is 5.73 Å². The summed E-state index contributed by atoms with van der Waals surface area (Å²) in [6, 6.07) is 10.8. The Labute approximate surface area is 123 Å².